The molecule has 1 aliphatic heterocycles. The van der Waals surface area contributed by atoms with Crippen LogP contribution >= 0.6 is 0 Å². The Hall–Kier alpha value is -3.02. The van der Waals surface area contributed by atoms with Crippen molar-refractivity contribution < 1.29 is 4.79 Å². The number of pyridine rings is 2. The van der Waals surface area contributed by atoms with E-state index in [2.05, 4.69) is 15.1 Å². The molecule has 0 aliphatic carbocycles. The summed E-state index contributed by atoms with van der Waals surface area (Å²) in [6.07, 6.45) is 12.9. The molecular formula is C20H21N5O. The van der Waals surface area contributed by atoms with E-state index in [9.17, 15) is 4.79 Å². The Kier molecular flexibility index (Phi) is 4.73. The first kappa shape index (κ1) is 16.4. The van der Waals surface area contributed by atoms with Crippen LogP contribution in [0, 0.1) is 0 Å². The van der Waals surface area contributed by atoms with Crippen molar-refractivity contribution in [3.63, 3.8) is 0 Å². The smallest absolute Gasteiger partial charge is 0.255 e. The predicted octanol–water partition coefficient (Wildman–Crippen LogP) is 2.90. The van der Waals surface area contributed by atoms with E-state index in [0.717, 1.165) is 32.2 Å². The van der Waals surface area contributed by atoms with Crippen LogP contribution in [-0.4, -0.2) is 43.1 Å². The van der Waals surface area contributed by atoms with Gasteiger partial charge in [-0.2, -0.15) is 5.10 Å². The van der Waals surface area contributed by atoms with Crippen molar-refractivity contribution in [3.8, 4) is 5.82 Å². The third kappa shape index (κ3) is 3.49. The van der Waals surface area contributed by atoms with E-state index >= 15 is 0 Å². The second-order valence-corrected chi connectivity index (χ2v) is 6.54. The van der Waals surface area contributed by atoms with E-state index in [0.29, 0.717) is 17.4 Å². The minimum atomic E-state index is 0.0711. The maximum Gasteiger partial charge on any atom is 0.255 e. The molecule has 3 aromatic heterocycles. The quantitative estimate of drug-likeness (QED) is 0.712. The van der Waals surface area contributed by atoms with Crippen molar-refractivity contribution in [2.45, 2.75) is 31.7 Å². The SMILES string of the molecule is O=C(c1ccc(-n2cccn2)nc1)N1CCC[C@H]1CCc1ccncc1. The van der Waals surface area contributed by atoms with Crippen molar-refractivity contribution in [3.05, 3.63) is 72.4 Å². The van der Waals surface area contributed by atoms with Crippen LogP contribution in [0.1, 0.15) is 35.2 Å². The number of rotatable bonds is 5. The average Bonchev–Trinajstić information content (AvgIpc) is 3.39. The molecule has 4 heterocycles. The highest BCUT2D eigenvalue weighted by atomic mass is 16.2. The number of likely N-dealkylation sites (tertiary alicyclic amines) is 1. The number of carbonyl (C=O) groups is 1. The first-order valence-electron chi connectivity index (χ1n) is 8.97. The highest BCUT2D eigenvalue weighted by Crippen LogP contribution is 2.24. The van der Waals surface area contributed by atoms with Gasteiger partial charge < -0.3 is 4.90 Å². The molecule has 1 atom stereocenters. The first-order valence-corrected chi connectivity index (χ1v) is 8.97. The Balaban J connectivity index is 1.43. The van der Waals surface area contributed by atoms with Gasteiger partial charge >= 0.3 is 0 Å². The van der Waals surface area contributed by atoms with Crippen LogP contribution in [0.3, 0.4) is 0 Å². The fourth-order valence-electron chi connectivity index (χ4n) is 3.50. The molecule has 0 bridgehead atoms. The summed E-state index contributed by atoms with van der Waals surface area (Å²) >= 11 is 0. The van der Waals surface area contributed by atoms with Gasteiger partial charge in [-0.05, 0) is 61.6 Å². The van der Waals surface area contributed by atoms with E-state index in [-0.39, 0.29) is 5.91 Å². The number of amides is 1. The zero-order valence-corrected chi connectivity index (χ0v) is 14.5. The molecular weight excluding hydrogens is 326 g/mol. The zero-order valence-electron chi connectivity index (χ0n) is 14.5. The molecule has 0 radical (unpaired) electrons. The van der Waals surface area contributed by atoms with Crippen molar-refractivity contribution in [1.82, 2.24) is 24.6 Å². The lowest BCUT2D eigenvalue weighted by Crippen LogP contribution is -2.35. The summed E-state index contributed by atoms with van der Waals surface area (Å²) in [5.74, 6) is 0.781. The van der Waals surface area contributed by atoms with Crippen LogP contribution in [0.5, 0.6) is 0 Å². The van der Waals surface area contributed by atoms with Gasteiger partial charge in [-0.3, -0.25) is 9.78 Å². The van der Waals surface area contributed by atoms with Crippen LogP contribution < -0.4 is 0 Å². The van der Waals surface area contributed by atoms with E-state index in [4.69, 9.17) is 0 Å². The van der Waals surface area contributed by atoms with E-state index < -0.39 is 0 Å². The largest absolute Gasteiger partial charge is 0.336 e. The Morgan fingerprint density at radius 3 is 2.77 bits per heavy atom. The molecule has 6 nitrogen and oxygen atoms in total. The second kappa shape index (κ2) is 7.47. The maximum atomic E-state index is 12.9. The molecule has 4 rings (SSSR count). The minimum absolute atomic E-state index is 0.0711. The van der Waals surface area contributed by atoms with Gasteiger partial charge in [0.1, 0.15) is 0 Å². The van der Waals surface area contributed by atoms with Crippen LogP contribution in [0.2, 0.25) is 0 Å². The van der Waals surface area contributed by atoms with Crippen molar-refractivity contribution in [2.75, 3.05) is 6.54 Å². The number of hydrogen-bond acceptors (Lipinski definition) is 4. The lowest BCUT2D eigenvalue weighted by Gasteiger charge is -2.25. The topological polar surface area (TPSA) is 63.9 Å². The van der Waals surface area contributed by atoms with Crippen LogP contribution in [-0.2, 0) is 6.42 Å². The number of aromatic nitrogens is 4. The van der Waals surface area contributed by atoms with Crippen LogP contribution in [0.15, 0.2) is 61.3 Å². The molecule has 0 N–H and O–H groups in total. The molecule has 0 spiro atoms. The fourth-order valence-corrected chi connectivity index (χ4v) is 3.50. The molecule has 0 aromatic carbocycles. The van der Waals surface area contributed by atoms with Crippen LogP contribution in [0.25, 0.3) is 5.82 Å². The second-order valence-electron chi connectivity index (χ2n) is 6.54. The zero-order chi connectivity index (χ0) is 17.8. The molecule has 6 heteroatoms. The Bertz CT molecular complexity index is 846. The summed E-state index contributed by atoms with van der Waals surface area (Å²) in [6.45, 7) is 0.820. The van der Waals surface area contributed by atoms with Gasteiger partial charge in [0.2, 0.25) is 0 Å². The normalized spacial score (nSPS) is 16.8. The molecule has 0 unspecified atom stereocenters. The number of carbonyl (C=O) groups excluding carboxylic acids is 1. The molecule has 1 fully saturated rings. The predicted molar refractivity (Wildman–Crippen MR) is 98.0 cm³/mol. The summed E-state index contributed by atoms with van der Waals surface area (Å²) in [5, 5.41) is 4.16. The van der Waals surface area contributed by atoms with Gasteiger partial charge in [0, 0.05) is 43.6 Å². The monoisotopic (exact) mass is 347 g/mol. The average molecular weight is 347 g/mol. The van der Waals surface area contributed by atoms with Crippen molar-refractivity contribution in [1.29, 1.82) is 0 Å². The Labute approximate surface area is 152 Å². The van der Waals surface area contributed by atoms with Gasteiger partial charge in [-0.1, -0.05) is 0 Å². The third-order valence-electron chi connectivity index (χ3n) is 4.89. The molecule has 0 saturated carbocycles. The van der Waals surface area contributed by atoms with Gasteiger partial charge in [-0.25, -0.2) is 9.67 Å². The third-order valence-corrected chi connectivity index (χ3v) is 4.89. The van der Waals surface area contributed by atoms with E-state index in [1.165, 1.54) is 5.56 Å². The standard InChI is InChI=1S/C20H21N5O/c26-20(17-5-7-19(22-15-17)25-14-2-10-23-25)24-13-1-3-18(24)6-4-16-8-11-21-12-9-16/h2,5,7-12,14-15,18H,1,3-4,6,13H2/t18-/m0/s1. The van der Waals surface area contributed by atoms with Crippen molar-refractivity contribution >= 4 is 5.91 Å². The number of hydrogen-bond donors (Lipinski definition) is 0. The van der Waals surface area contributed by atoms with Crippen molar-refractivity contribution in [2.24, 2.45) is 0 Å². The molecule has 1 amide bonds. The fraction of sp³-hybridized carbons (Fsp3) is 0.300. The van der Waals surface area contributed by atoms with Gasteiger partial charge in [0.15, 0.2) is 5.82 Å². The van der Waals surface area contributed by atoms with E-state index in [1.54, 1.807) is 17.1 Å². The molecule has 1 aliphatic rings. The molecule has 1 saturated heterocycles. The lowest BCUT2D eigenvalue weighted by atomic mass is 10.0. The Morgan fingerprint density at radius 1 is 1.15 bits per heavy atom. The maximum absolute atomic E-state index is 12.9. The van der Waals surface area contributed by atoms with Gasteiger partial charge in [0.25, 0.3) is 5.91 Å². The minimum Gasteiger partial charge on any atom is -0.336 e. The highest BCUT2D eigenvalue weighted by molar-refractivity contribution is 5.94. The first-order chi connectivity index (χ1) is 12.8. The van der Waals surface area contributed by atoms with Crippen LogP contribution in [0.4, 0.5) is 0 Å². The number of aryl methyl sites for hydroxylation is 1. The Morgan fingerprint density at radius 2 is 2.04 bits per heavy atom. The molecule has 26 heavy (non-hydrogen) atoms. The van der Waals surface area contributed by atoms with Gasteiger partial charge in [-0.15, -0.1) is 0 Å². The number of nitrogens with zero attached hydrogens (tertiary/aromatic N) is 5. The lowest BCUT2D eigenvalue weighted by molar-refractivity contribution is 0.0730. The summed E-state index contributed by atoms with van der Waals surface area (Å²) in [5.41, 5.74) is 1.90. The van der Waals surface area contributed by atoms with E-state index in [1.807, 2.05) is 53.8 Å². The summed E-state index contributed by atoms with van der Waals surface area (Å²) < 4.78 is 1.68. The summed E-state index contributed by atoms with van der Waals surface area (Å²) in [4.78, 5) is 23.4. The summed E-state index contributed by atoms with van der Waals surface area (Å²) in [7, 11) is 0. The summed E-state index contributed by atoms with van der Waals surface area (Å²) in [6, 6.07) is 9.89. The molecule has 132 valence electrons. The molecule has 3 aromatic rings. The van der Waals surface area contributed by atoms with Gasteiger partial charge in [0.05, 0.1) is 5.56 Å². The highest BCUT2D eigenvalue weighted by Gasteiger charge is 2.29.